The van der Waals surface area contributed by atoms with E-state index in [1.807, 2.05) is 50.2 Å². The van der Waals surface area contributed by atoms with Gasteiger partial charge in [-0.25, -0.2) is 0 Å². The molecule has 0 saturated carbocycles. The fourth-order valence-corrected chi connectivity index (χ4v) is 3.17. The Bertz CT molecular complexity index is 892. The van der Waals surface area contributed by atoms with Crippen molar-refractivity contribution in [2.45, 2.75) is 19.9 Å². The summed E-state index contributed by atoms with van der Waals surface area (Å²) in [5.74, 6) is -1.44. The molecule has 0 bridgehead atoms. The predicted molar refractivity (Wildman–Crippen MR) is 102 cm³/mol. The number of carbonyl (C=O) groups excluding carboxylic acids is 2. The number of Topliss-reactive ketones (excluding diaryl/α,β-unsaturated/α-hetero) is 1. The van der Waals surface area contributed by atoms with Crippen LogP contribution in [-0.2, 0) is 9.59 Å². The minimum atomic E-state index is -0.671. The molecule has 1 fully saturated rings. The molecule has 132 valence electrons. The number of rotatable bonds is 4. The van der Waals surface area contributed by atoms with Gasteiger partial charge in [-0.05, 0) is 19.4 Å². The number of hydrogen-bond acceptors (Lipinski definition) is 3. The first-order valence-corrected chi connectivity index (χ1v) is 8.47. The number of likely N-dealkylation sites (tertiary alicyclic amines) is 1. The third kappa shape index (κ3) is 3.06. The van der Waals surface area contributed by atoms with Gasteiger partial charge in [-0.15, -0.1) is 6.58 Å². The average molecular weight is 347 g/mol. The molecule has 1 N–H and O–H groups in total. The highest BCUT2D eigenvalue weighted by Gasteiger charge is 2.45. The molecule has 3 rings (SSSR count). The maximum atomic E-state index is 12.7. The van der Waals surface area contributed by atoms with Gasteiger partial charge in [-0.1, -0.05) is 65.7 Å². The van der Waals surface area contributed by atoms with Crippen molar-refractivity contribution in [3.05, 3.63) is 89.0 Å². The molecule has 1 aliphatic heterocycles. The van der Waals surface area contributed by atoms with Gasteiger partial charge in [-0.3, -0.25) is 9.59 Å². The molecule has 1 atom stereocenters. The van der Waals surface area contributed by atoms with Crippen LogP contribution in [0.1, 0.15) is 28.3 Å². The fraction of sp³-hybridized carbons (Fsp3) is 0.182. The molecule has 1 unspecified atom stereocenters. The summed E-state index contributed by atoms with van der Waals surface area (Å²) in [6.07, 6.45) is 1.58. The van der Waals surface area contributed by atoms with Crippen LogP contribution in [0.2, 0.25) is 0 Å². The van der Waals surface area contributed by atoms with E-state index in [1.54, 1.807) is 18.2 Å². The molecule has 26 heavy (non-hydrogen) atoms. The highest BCUT2D eigenvalue weighted by molar-refractivity contribution is 6.46. The number of aliphatic hydroxyl groups is 1. The molecule has 1 saturated heterocycles. The van der Waals surface area contributed by atoms with Crippen molar-refractivity contribution in [1.82, 2.24) is 4.90 Å². The quantitative estimate of drug-likeness (QED) is 0.395. The number of hydrogen-bond donors (Lipinski definition) is 1. The Morgan fingerprint density at radius 2 is 1.58 bits per heavy atom. The smallest absolute Gasteiger partial charge is 0.295 e. The molecule has 1 amide bonds. The SMILES string of the molecule is C=CCN1C(=O)C(=O)C(=C(O)c2ccc(C)cc2)C1c1ccc(C)cc1. The van der Waals surface area contributed by atoms with Gasteiger partial charge in [0.15, 0.2) is 0 Å². The lowest BCUT2D eigenvalue weighted by Crippen LogP contribution is -2.29. The predicted octanol–water partition coefficient (Wildman–Crippen LogP) is 3.91. The minimum absolute atomic E-state index is 0.115. The van der Waals surface area contributed by atoms with Crippen molar-refractivity contribution in [1.29, 1.82) is 0 Å². The molecule has 1 aliphatic rings. The average Bonchev–Trinajstić information content (AvgIpc) is 2.88. The first-order valence-electron chi connectivity index (χ1n) is 8.47. The molecule has 2 aromatic rings. The zero-order valence-corrected chi connectivity index (χ0v) is 14.9. The summed E-state index contributed by atoms with van der Waals surface area (Å²) in [6, 6.07) is 14.2. The Kier molecular flexibility index (Phi) is 4.76. The second kappa shape index (κ2) is 7.00. The van der Waals surface area contributed by atoms with Crippen molar-refractivity contribution in [3.8, 4) is 0 Å². The maximum absolute atomic E-state index is 12.7. The van der Waals surface area contributed by atoms with Crippen molar-refractivity contribution < 1.29 is 14.7 Å². The zero-order chi connectivity index (χ0) is 18.8. The maximum Gasteiger partial charge on any atom is 0.295 e. The number of amides is 1. The number of benzene rings is 2. The van der Waals surface area contributed by atoms with Crippen LogP contribution in [0.25, 0.3) is 5.76 Å². The van der Waals surface area contributed by atoms with E-state index < -0.39 is 17.7 Å². The number of aliphatic hydroxyl groups excluding tert-OH is 1. The molecule has 0 aliphatic carbocycles. The highest BCUT2D eigenvalue weighted by Crippen LogP contribution is 2.39. The monoisotopic (exact) mass is 347 g/mol. The van der Waals surface area contributed by atoms with Crippen LogP contribution in [0, 0.1) is 13.8 Å². The van der Waals surface area contributed by atoms with Gasteiger partial charge in [0.1, 0.15) is 5.76 Å². The lowest BCUT2D eigenvalue weighted by Gasteiger charge is -2.24. The number of ketones is 1. The highest BCUT2D eigenvalue weighted by atomic mass is 16.3. The van der Waals surface area contributed by atoms with Gasteiger partial charge < -0.3 is 10.0 Å². The van der Waals surface area contributed by atoms with Crippen LogP contribution in [-0.4, -0.2) is 28.2 Å². The summed E-state index contributed by atoms with van der Waals surface area (Å²) in [5, 5.41) is 10.8. The largest absolute Gasteiger partial charge is 0.507 e. The third-order valence-electron chi connectivity index (χ3n) is 4.58. The van der Waals surface area contributed by atoms with E-state index in [9.17, 15) is 14.7 Å². The molecule has 2 aromatic carbocycles. The van der Waals surface area contributed by atoms with Gasteiger partial charge in [-0.2, -0.15) is 0 Å². The summed E-state index contributed by atoms with van der Waals surface area (Å²) in [6.45, 7) is 7.82. The van der Waals surface area contributed by atoms with E-state index in [0.717, 1.165) is 16.7 Å². The molecular weight excluding hydrogens is 326 g/mol. The Balaban J connectivity index is 2.18. The van der Waals surface area contributed by atoms with Crippen LogP contribution in [0.15, 0.2) is 66.8 Å². The third-order valence-corrected chi connectivity index (χ3v) is 4.58. The van der Waals surface area contributed by atoms with Crippen LogP contribution in [0.3, 0.4) is 0 Å². The van der Waals surface area contributed by atoms with Crippen LogP contribution < -0.4 is 0 Å². The standard InChI is InChI=1S/C22H21NO3/c1-4-13-23-19(16-9-5-14(2)6-10-16)18(21(25)22(23)26)20(24)17-11-7-15(3)8-12-17/h4-12,19,24H,1,13H2,2-3H3. The summed E-state index contributed by atoms with van der Waals surface area (Å²) < 4.78 is 0. The summed E-state index contributed by atoms with van der Waals surface area (Å²) in [5.41, 5.74) is 3.54. The Morgan fingerprint density at radius 3 is 2.12 bits per heavy atom. The fourth-order valence-electron chi connectivity index (χ4n) is 3.17. The number of nitrogens with zero attached hydrogens (tertiary/aromatic N) is 1. The van der Waals surface area contributed by atoms with E-state index in [0.29, 0.717) is 5.56 Å². The van der Waals surface area contributed by atoms with Gasteiger partial charge in [0, 0.05) is 12.1 Å². The molecule has 1 heterocycles. The van der Waals surface area contributed by atoms with E-state index in [1.165, 1.54) is 4.90 Å². The summed E-state index contributed by atoms with van der Waals surface area (Å²) in [7, 11) is 0. The van der Waals surface area contributed by atoms with Crippen molar-refractivity contribution in [3.63, 3.8) is 0 Å². The second-order valence-corrected chi connectivity index (χ2v) is 6.52. The Labute approximate surface area is 153 Å². The second-order valence-electron chi connectivity index (χ2n) is 6.52. The van der Waals surface area contributed by atoms with Crippen LogP contribution in [0.5, 0.6) is 0 Å². The van der Waals surface area contributed by atoms with Crippen molar-refractivity contribution in [2.75, 3.05) is 6.54 Å². The first-order chi connectivity index (χ1) is 12.4. The summed E-state index contributed by atoms with van der Waals surface area (Å²) in [4.78, 5) is 26.7. The Hall–Kier alpha value is -3.14. The van der Waals surface area contributed by atoms with Gasteiger partial charge in [0.25, 0.3) is 11.7 Å². The molecule has 4 nitrogen and oxygen atoms in total. The number of aryl methyl sites for hydroxylation is 2. The van der Waals surface area contributed by atoms with Gasteiger partial charge in [0.05, 0.1) is 11.6 Å². The first kappa shape index (κ1) is 17.7. The van der Waals surface area contributed by atoms with Crippen molar-refractivity contribution in [2.24, 2.45) is 0 Å². The van der Waals surface area contributed by atoms with Gasteiger partial charge >= 0.3 is 0 Å². The lowest BCUT2D eigenvalue weighted by atomic mass is 9.94. The topological polar surface area (TPSA) is 57.6 Å². The molecule has 0 aromatic heterocycles. The van der Waals surface area contributed by atoms with E-state index in [-0.39, 0.29) is 17.9 Å². The molecule has 0 spiro atoms. The lowest BCUT2D eigenvalue weighted by molar-refractivity contribution is -0.139. The molecular formula is C22H21NO3. The van der Waals surface area contributed by atoms with Gasteiger partial charge in [0.2, 0.25) is 0 Å². The van der Waals surface area contributed by atoms with E-state index in [4.69, 9.17) is 0 Å². The number of carbonyl (C=O) groups is 2. The van der Waals surface area contributed by atoms with Crippen LogP contribution in [0.4, 0.5) is 0 Å². The van der Waals surface area contributed by atoms with E-state index >= 15 is 0 Å². The van der Waals surface area contributed by atoms with Crippen LogP contribution >= 0.6 is 0 Å². The zero-order valence-electron chi connectivity index (χ0n) is 14.9. The molecule has 0 radical (unpaired) electrons. The van der Waals surface area contributed by atoms with Crippen molar-refractivity contribution >= 4 is 17.4 Å². The Morgan fingerprint density at radius 1 is 1.04 bits per heavy atom. The normalized spacial score (nSPS) is 19.0. The van der Waals surface area contributed by atoms with E-state index in [2.05, 4.69) is 6.58 Å². The summed E-state index contributed by atoms with van der Waals surface area (Å²) >= 11 is 0. The molecule has 4 heteroatoms. The minimum Gasteiger partial charge on any atom is -0.507 e.